The van der Waals surface area contributed by atoms with E-state index < -0.39 is 17.8 Å². The van der Waals surface area contributed by atoms with Crippen molar-refractivity contribution in [3.63, 3.8) is 0 Å². The molecule has 1 atom stereocenters. The summed E-state index contributed by atoms with van der Waals surface area (Å²) in [5, 5.41) is 0.594. The molecule has 0 saturated carbocycles. The lowest BCUT2D eigenvalue weighted by atomic mass is 10.0. The molecular weight excluding hydrogens is 513 g/mol. The molecule has 0 N–H and O–H groups in total. The van der Waals surface area contributed by atoms with Crippen LogP contribution in [-0.2, 0) is 12.7 Å². The summed E-state index contributed by atoms with van der Waals surface area (Å²) in [6, 6.07) is 25.9. The van der Waals surface area contributed by atoms with Crippen molar-refractivity contribution in [1.29, 1.82) is 0 Å². The van der Waals surface area contributed by atoms with Crippen LogP contribution in [0, 0.1) is 6.92 Å². The van der Waals surface area contributed by atoms with Crippen LogP contribution in [0.15, 0.2) is 97.1 Å². The number of hydrogen-bond acceptors (Lipinski definition) is 2. The van der Waals surface area contributed by atoms with Gasteiger partial charge < -0.3 is 9.64 Å². The summed E-state index contributed by atoms with van der Waals surface area (Å²) in [5.74, 6) is 1.15. The average molecular weight is 537 g/mol. The molecule has 1 heterocycles. The molecule has 1 saturated heterocycles. The van der Waals surface area contributed by atoms with E-state index in [1.807, 2.05) is 31.2 Å². The smallest absolute Gasteiger partial charge is 0.416 e. The minimum atomic E-state index is -4.48. The molecule has 0 bridgehead atoms. The van der Waals surface area contributed by atoms with Crippen LogP contribution in [-0.4, -0.2) is 17.5 Å². The van der Waals surface area contributed by atoms with Gasteiger partial charge in [0.1, 0.15) is 11.5 Å². The Kier molecular flexibility index (Phi) is 7.04. The van der Waals surface area contributed by atoms with E-state index in [0.717, 1.165) is 23.3 Å². The van der Waals surface area contributed by atoms with Gasteiger partial charge in [-0.05, 0) is 84.3 Å². The van der Waals surface area contributed by atoms with Crippen molar-refractivity contribution < 1.29 is 22.7 Å². The van der Waals surface area contributed by atoms with Gasteiger partial charge in [0, 0.05) is 23.8 Å². The Balaban J connectivity index is 1.47. The number of ether oxygens (including phenoxy) is 1. The molecule has 38 heavy (non-hydrogen) atoms. The van der Waals surface area contributed by atoms with Crippen molar-refractivity contribution in [2.75, 3.05) is 11.4 Å². The normalized spacial score (nSPS) is 15.7. The molecule has 1 aliphatic heterocycles. The molecule has 1 fully saturated rings. The first-order chi connectivity index (χ1) is 18.2. The van der Waals surface area contributed by atoms with Crippen LogP contribution < -0.4 is 9.64 Å². The third-order valence-electron chi connectivity index (χ3n) is 6.57. The molecule has 0 aliphatic carbocycles. The summed E-state index contributed by atoms with van der Waals surface area (Å²) in [4.78, 5) is 16.9. The Labute approximate surface area is 223 Å². The SMILES string of the molecule is Cc1ccccc1CN1CC(c2cccc(C(F)(F)F)c2)N(c2ccc(Oc3ccc(Cl)cc3)cc2)C1=O. The van der Waals surface area contributed by atoms with Gasteiger partial charge in [-0.2, -0.15) is 13.2 Å². The molecule has 5 rings (SSSR count). The lowest BCUT2D eigenvalue weighted by molar-refractivity contribution is -0.137. The maximum atomic E-state index is 13.7. The zero-order valence-electron chi connectivity index (χ0n) is 20.5. The van der Waals surface area contributed by atoms with Crippen molar-refractivity contribution in [3.05, 3.63) is 124 Å². The predicted octanol–water partition coefficient (Wildman–Crippen LogP) is 8.64. The molecule has 0 radical (unpaired) electrons. The second-order valence-corrected chi connectivity index (χ2v) is 9.58. The van der Waals surface area contributed by atoms with Gasteiger partial charge in [0.2, 0.25) is 0 Å². The van der Waals surface area contributed by atoms with E-state index in [2.05, 4.69) is 0 Å². The second kappa shape index (κ2) is 10.4. The number of alkyl halides is 3. The van der Waals surface area contributed by atoms with Crippen LogP contribution >= 0.6 is 11.6 Å². The van der Waals surface area contributed by atoms with Crippen molar-refractivity contribution in [3.8, 4) is 11.5 Å². The largest absolute Gasteiger partial charge is 0.457 e. The Hall–Kier alpha value is -3.97. The highest BCUT2D eigenvalue weighted by molar-refractivity contribution is 6.30. The number of amides is 2. The molecule has 2 amide bonds. The summed E-state index contributed by atoms with van der Waals surface area (Å²) in [6.45, 7) is 2.57. The minimum absolute atomic E-state index is 0.248. The van der Waals surface area contributed by atoms with E-state index >= 15 is 0 Å². The monoisotopic (exact) mass is 536 g/mol. The third kappa shape index (κ3) is 5.48. The van der Waals surface area contributed by atoms with Gasteiger partial charge >= 0.3 is 12.2 Å². The summed E-state index contributed by atoms with van der Waals surface area (Å²) >= 11 is 5.93. The number of hydrogen-bond donors (Lipinski definition) is 0. The lowest BCUT2D eigenvalue weighted by Crippen LogP contribution is -2.32. The van der Waals surface area contributed by atoms with Gasteiger partial charge in [0.15, 0.2) is 0 Å². The number of anilines is 1. The maximum absolute atomic E-state index is 13.7. The Morgan fingerprint density at radius 2 is 1.55 bits per heavy atom. The Morgan fingerprint density at radius 1 is 0.895 bits per heavy atom. The molecule has 194 valence electrons. The molecule has 1 aliphatic rings. The Morgan fingerprint density at radius 3 is 2.21 bits per heavy atom. The van der Waals surface area contributed by atoms with Gasteiger partial charge in [-0.1, -0.05) is 48.0 Å². The second-order valence-electron chi connectivity index (χ2n) is 9.15. The van der Waals surface area contributed by atoms with Crippen molar-refractivity contribution in [2.24, 2.45) is 0 Å². The van der Waals surface area contributed by atoms with Crippen LogP contribution in [0.1, 0.15) is 28.3 Å². The van der Waals surface area contributed by atoms with Crippen molar-refractivity contribution >= 4 is 23.3 Å². The van der Waals surface area contributed by atoms with Crippen molar-refractivity contribution in [2.45, 2.75) is 25.7 Å². The number of carbonyl (C=O) groups is 1. The van der Waals surface area contributed by atoms with Crippen LogP contribution in [0.2, 0.25) is 5.02 Å². The Bertz CT molecular complexity index is 1440. The zero-order chi connectivity index (χ0) is 26.9. The van der Waals surface area contributed by atoms with Gasteiger partial charge in [0.25, 0.3) is 0 Å². The molecule has 0 aromatic heterocycles. The van der Waals surface area contributed by atoms with Crippen LogP contribution in [0.25, 0.3) is 0 Å². The minimum Gasteiger partial charge on any atom is -0.457 e. The van der Waals surface area contributed by atoms with E-state index in [-0.39, 0.29) is 12.6 Å². The predicted molar refractivity (Wildman–Crippen MR) is 142 cm³/mol. The third-order valence-corrected chi connectivity index (χ3v) is 6.82. The summed E-state index contributed by atoms with van der Waals surface area (Å²) in [5.41, 5.74) is 2.26. The maximum Gasteiger partial charge on any atom is 0.416 e. The number of urea groups is 1. The summed E-state index contributed by atoms with van der Waals surface area (Å²) in [6.07, 6.45) is -4.48. The number of nitrogens with zero attached hydrogens (tertiary/aromatic N) is 2. The first kappa shape index (κ1) is 25.7. The fourth-order valence-electron chi connectivity index (χ4n) is 4.56. The number of rotatable bonds is 6. The van der Waals surface area contributed by atoms with Crippen LogP contribution in [0.3, 0.4) is 0 Å². The number of benzene rings is 4. The fourth-order valence-corrected chi connectivity index (χ4v) is 4.69. The summed E-state index contributed by atoms with van der Waals surface area (Å²) in [7, 11) is 0. The first-order valence-electron chi connectivity index (χ1n) is 12.0. The zero-order valence-corrected chi connectivity index (χ0v) is 21.2. The van der Waals surface area contributed by atoms with Crippen LogP contribution in [0.4, 0.5) is 23.7 Å². The molecule has 4 aromatic rings. The fraction of sp³-hybridized carbons (Fsp3) is 0.167. The molecule has 0 spiro atoms. The highest BCUT2D eigenvalue weighted by Gasteiger charge is 2.40. The summed E-state index contributed by atoms with van der Waals surface area (Å²) < 4.78 is 46.3. The number of aryl methyl sites for hydroxylation is 1. The molecular formula is C30H24ClF3N2O2. The first-order valence-corrected chi connectivity index (χ1v) is 12.4. The number of halogens is 4. The van der Waals surface area contributed by atoms with Gasteiger partial charge in [-0.15, -0.1) is 0 Å². The highest BCUT2D eigenvalue weighted by Crippen LogP contribution is 2.38. The van der Waals surface area contributed by atoms with Crippen LogP contribution in [0.5, 0.6) is 11.5 Å². The highest BCUT2D eigenvalue weighted by atomic mass is 35.5. The topological polar surface area (TPSA) is 32.8 Å². The molecule has 4 aromatic carbocycles. The van der Waals surface area contributed by atoms with E-state index in [4.69, 9.17) is 16.3 Å². The van der Waals surface area contributed by atoms with E-state index in [9.17, 15) is 18.0 Å². The quantitative estimate of drug-likeness (QED) is 0.247. The lowest BCUT2D eigenvalue weighted by Gasteiger charge is -2.24. The molecule has 1 unspecified atom stereocenters. The van der Waals surface area contributed by atoms with Gasteiger partial charge in [0.05, 0.1) is 11.6 Å². The standard InChI is InChI=1S/C30H24ClF3N2O2/c1-20-5-2-3-6-22(20)18-35-19-28(21-7-4-8-23(17-21)30(32,33)34)36(29(35)37)25-11-15-27(16-12-25)38-26-13-9-24(31)10-14-26/h2-17,28H,18-19H2,1H3. The van der Waals surface area contributed by atoms with Gasteiger partial charge in [-0.3, -0.25) is 4.90 Å². The van der Waals surface area contributed by atoms with Gasteiger partial charge in [-0.25, -0.2) is 4.79 Å². The van der Waals surface area contributed by atoms with E-state index in [0.29, 0.717) is 34.3 Å². The van der Waals surface area contributed by atoms with Crippen molar-refractivity contribution in [1.82, 2.24) is 4.90 Å². The average Bonchev–Trinajstić information content (AvgIpc) is 3.22. The van der Waals surface area contributed by atoms with E-state index in [1.54, 1.807) is 64.4 Å². The van der Waals surface area contributed by atoms with E-state index in [1.165, 1.54) is 6.07 Å². The molecule has 8 heteroatoms. The molecule has 4 nitrogen and oxygen atoms in total. The number of carbonyl (C=O) groups excluding carboxylic acids is 1.